The molecule has 3 unspecified atom stereocenters. The number of hydrogen-bond donors (Lipinski definition) is 3. The van der Waals surface area contributed by atoms with Gasteiger partial charge in [0.05, 0.1) is 0 Å². The number of nitrogens with one attached hydrogen (secondary N) is 1. The fourth-order valence-corrected chi connectivity index (χ4v) is 2.28. The van der Waals surface area contributed by atoms with Crippen LogP contribution in [0.5, 0.6) is 0 Å². The van der Waals surface area contributed by atoms with Crippen LogP contribution in [0.2, 0.25) is 0 Å². The van der Waals surface area contributed by atoms with Crippen LogP contribution in [-0.4, -0.2) is 24.4 Å². The smallest absolute Gasteiger partial charge is 0.223 e. The molecule has 0 aromatic heterocycles. The van der Waals surface area contributed by atoms with Crippen molar-refractivity contribution in [2.75, 3.05) is 6.54 Å². The van der Waals surface area contributed by atoms with Gasteiger partial charge in [0.15, 0.2) is 0 Å². The second-order valence-corrected chi connectivity index (χ2v) is 5.01. The lowest BCUT2D eigenvalue weighted by atomic mass is 9.79. The number of nitrogens with two attached hydrogens (primary N) is 2. The molecule has 1 rings (SSSR count). The van der Waals surface area contributed by atoms with Gasteiger partial charge in [-0.2, -0.15) is 0 Å². The normalized spacial score (nSPS) is 28.7. The zero-order valence-corrected chi connectivity index (χ0v) is 10.4. The van der Waals surface area contributed by atoms with E-state index < -0.39 is 0 Å². The lowest BCUT2D eigenvalue weighted by Gasteiger charge is -2.31. The molecule has 0 aromatic rings. The van der Waals surface area contributed by atoms with Gasteiger partial charge in [-0.3, -0.25) is 9.59 Å². The lowest BCUT2D eigenvalue weighted by Crippen LogP contribution is -2.40. The van der Waals surface area contributed by atoms with Crippen molar-refractivity contribution in [1.29, 1.82) is 0 Å². The molecule has 0 radical (unpaired) electrons. The first-order valence-corrected chi connectivity index (χ1v) is 6.32. The SMILES string of the molecule is CC1CC(C(=O)NCCCC(N)=O)CCC1N. The Morgan fingerprint density at radius 2 is 2.06 bits per heavy atom. The third-order valence-electron chi connectivity index (χ3n) is 3.51. The van der Waals surface area contributed by atoms with Gasteiger partial charge in [0.25, 0.3) is 0 Å². The third-order valence-corrected chi connectivity index (χ3v) is 3.51. The molecule has 0 aliphatic heterocycles. The summed E-state index contributed by atoms with van der Waals surface area (Å²) >= 11 is 0. The molecule has 5 heteroatoms. The van der Waals surface area contributed by atoms with Crippen LogP contribution in [0, 0.1) is 11.8 Å². The summed E-state index contributed by atoms with van der Waals surface area (Å²) in [6, 6.07) is 0.230. The maximum Gasteiger partial charge on any atom is 0.223 e. The number of rotatable bonds is 5. The van der Waals surface area contributed by atoms with Crippen molar-refractivity contribution in [1.82, 2.24) is 5.32 Å². The number of amides is 2. The summed E-state index contributed by atoms with van der Waals surface area (Å²) in [4.78, 5) is 22.3. The van der Waals surface area contributed by atoms with Crippen molar-refractivity contribution in [3.05, 3.63) is 0 Å². The Morgan fingerprint density at radius 1 is 1.35 bits per heavy atom. The predicted octanol–water partition coefficient (Wildman–Crippen LogP) is 0.132. The van der Waals surface area contributed by atoms with E-state index in [2.05, 4.69) is 12.2 Å². The molecule has 0 saturated heterocycles. The van der Waals surface area contributed by atoms with Crippen LogP contribution in [0.15, 0.2) is 0 Å². The van der Waals surface area contributed by atoms with Crippen molar-refractivity contribution in [3.8, 4) is 0 Å². The van der Waals surface area contributed by atoms with Crippen LogP contribution >= 0.6 is 0 Å². The van der Waals surface area contributed by atoms with Crippen molar-refractivity contribution < 1.29 is 9.59 Å². The van der Waals surface area contributed by atoms with E-state index in [0.29, 0.717) is 25.3 Å². The first-order valence-electron chi connectivity index (χ1n) is 6.32. The van der Waals surface area contributed by atoms with Gasteiger partial charge in [0.1, 0.15) is 0 Å². The molecule has 5 nitrogen and oxygen atoms in total. The Balaban J connectivity index is 2.21. The fourth-order valence-electron chi connectivity index (χ4n) is 2.28. The number of primary amides is 1. The van der Waals surface area contributed by atoms with Crippen LogP contribution < -0.4 is 16.8 Å². The molecular weight excluding hydrogens is 218 g/mol. The van der Waals surface area contributed by atoms with Crippen molar-refractivity contribution in [2.45, 2.75) is 45.1 Å². The summed E-state index contributed by atoms with van der Waals surface area (Å²) in [5.74, 6) is 0.258. The fraction of sp³-hybridized carbons (Fsp3) is 0.833. The maximum absolute atomic E-state index is 11.8. The highest BCUT2D eigenvalue weighted by Crippen LogP contribution is 2.27. The number of carbonyl (C=O) groups is 2. The van der Waals surface area contributed by atoms with E-state index >= 15 is 0 Å². The van der Waals surface area contributed by atoms with Gasteiger partial charge in [-0.15, -0.1) is 0 Å². The van der Waals surface area contributed by atoms with Crippen LogP contribution in [0.1, 0.15) is 39.0 Å². The standard InChI is InChI=1S/C12H23N3O2/c1-8-7-9(4-5-10(8)13)12(17)15-6-2-3-11(14)16/h8-10H,2-7,13H2,1H3,(H2,14,16)(H,15,17). The second-order valence-electron chi connectivity index (χ2n) is 5.01. The Kier molecular flexibility index (Phi) is 5.41. The molecule has 0 bridgehead atoms. The van der Waals surface area contributed by atoms with Gasteiger partial charge in [-0.1, -0.05) is 6.92 Å². The predicted molar refractivity (Wildman–Crippen MR) is 65.9 cm³/mol. The molecule has 1 aliphatic carbocycles. The average Bonchev–Trinajstić information content (AvgIpc) is 2.27. The molecule has 1 fully saturated rings. The minimum atomic E-state index is -0.323. The van der Waals surface area contributed by atoms with Crippen LogP contribution in [0.25, 0.3) is 0 Å². The highest BCUT2D eigenvalue weighted by atomic mass is 16.2. The Labute approximate surface area is 102 Å². The Bertz CT molecular complexity index is 281. The summed E-state index contributed by atoms with van der Waals surface area (Å²) in [5, 5.41) is 2.86. The molecule has 98 valence electrons. The molecule has 1 aliphatic rings. The van der Waals surface area contributed by atoms with Crippen LogP contribution in [0.4, 0.5) is 0 Å². The summed E-state index contributed by atoms with van der Waals surface area (Å²) in [6.45, 7) is 2.62. The number of carbonyl (C=O) groups excluding carboxylic acids is 2. The molecular formula is C12H23N3O2. The quantitative estimate of drug-likeness (QED) is 0.597. The molecule has 0 spiro atoms. The molecule has 5 N–H and O–H groups in total. The van der Waals surface area contributed by atoms with Gasteiger partial charge >= 0.3 is 0 Å². The lowest BCUT2D eigenvalue weighted by molar-refractivity contribution is -0.126. The monoisotopic (exact) mass is 241 g/mol. The first-order chi connectivity index (χ1) is 8.00. The Morgan fingerprint density at radius 3 is 2.65 bits per heavy atom. The van der Waals surface area contributed by atoms with Crippen molar-refractivity contribution in [2.24, 2.45) is 23.3 Å². The Hall–Kier alpha value is -1.10. The average molecular weight is 241 g/mol. The van der Waals surface area contributed by atoms with E-state index in [9.17, 15) is 9.59 Å². The summed E-state index contributed by atoms with van der Waals surface area (Å²) < 4.78 is 0. The van der Waals surface area contributed by atoms with Gasteiger partial charge in [-0.05, 0) is 31.6 Å². The zero-order chi connectivity index (χ0) is 12.8. The van der Waals surface area contributed by atoms with E-state index in [4.69, 9.17) is 11.5 Å². The zero-order valence-electron chi connectivity index (χ0n) is 10.4. The van der Waals surface area contributed by atoms with E-state index in [1.807, 2.05) is 0 Å². The number of hydrogen-bond acceptors (Lipinski definition) is 3. The minimum Gasteiger partial charge on any atom is -0.370 e. The van der Waals surface area contributed by atoms with E-state index in [1.54, 1.807) is 0 Å². The second kappa shape index (κ2) is 6.59. The molecule has 17 heavy (non-hydrogen) atoms. The summed E-state index contributed by atoms with van der Waals surface area (Å²) in [6.07, 6.45) is 3.59. The van der Waals surface area contributed by atoms with Gasteiger partial charge in [-0.25, -0.2) is 0 Å². The topological polar surface area (TPSA) is 98.2 Å². The third kappa shape index (κ3) is 4.73. The highest BCUT2D eigenvalue weighted by Gasteiger charge is 2.29. The molecule has 1 saturated carbocycles. The minimum absolute atomic E-state index is 0.0818. The van der Waals surface area contributed by atoms with Gasteiger partial charge < -0.3 is 16.8 Å². The van der Waals surface area contributed by atoms with E-state index in [0.717, 1.165) is 19.3 Å². The molecule has 0 aromatic carbocycles. The summed E-state index contributed by atoms with van der Waals surface area (Å²) in [7, 11) is 0. The first kappa shape index (κ1) is 14.0. The highest BCUT2D eigenvalue weighted by molar-refractivity contribution is 5.79. The molecule has 2 amide bonds. The largest absolute Gasteiger partial charge is 0.370 e. The van der Waals surface area contributed by atoms with Crippen LogP contribution in [-0.2, 0) is 9.59 Å². The van der Waals surface area contributed by atoms with E-state index in [-0.39, 0.29) is 23.8 Å². The summed E-state index contributed by atoms with van der Waals surface area (Å²) in [5.41, 5.74) is 10.9. The van der Waals surface area contributed by atoms with Crippen LogP contribution in [0.3, 0.4) is 0 Å². The van der Waals surface area contributed by atoms with Crippen molar-refractivity contribution in [3.63, 3.8) is 0 Å². The molecule has 3 atom stereocenters. The maximum atomic E-state index is 11.8. The van der Waals surface area contributed by atoms with E-state index in [1.165, 1.54) is 0 Å². The van der Waals surface area contributed by atoms with Gasteiger partial charge in [0, 0.05) is 24.9 Å². The molecule has 0 heterocycles. The van der Waals surface area contributed by atoms with Gasteiger partial charge in [0.2, 0.25) is 11.8 Å². The van der Waals surface area contributed by atoms with Crippen molar-refractivity contribution >= 4 is 11.8 Å².